The molecule has 0 radical (unpaired) electrons. The van der Waals surface area contributed by atoms with Crippen LogP contribution in [0.15, 0.2) is 24.3 Å². The molecule has 1 unspecified atom stereocenters. The largest absolute Gasteiger partial charge is 0.352 e. The van der Waals surface area contributed by atoms with Crippen molar-refractivity contribution in [3.05, 3.63) is 29.8 Å². The number of hydrogen-bond acceptors (Lipinski definition) is 3. The van der Waals surface area contributed by atoms with Crippen molar-refractivity contribution in [3.8, 4) is 0 Å². The third-order valence-electron chi connectivity index (χ3n) is 3.35. The second-order valence-corrected chi connectivity index (χ2v) is 5.17. The van der Waals surface area contributed by atoms with E-state index in [0.29, 0.717) is 25.9 Å². The second-order valence-electron chi connectivity index (χ2n) is 5.17. The number of hydrogen-bond donors (Lipinski definition) is 3. The highest BCUT2D eigenvalue weighted by molar-refractivity contribution is 5.92. The van der Waals surface area contributed by atoms with Crippen LogP contribution in [0.4, 0.5) is 5.69 Å². The van der Waals surface area contributed by atoms with Crippen molar-refractivity contribution in [1.29, 1.82) is 0 Å². The van der Waals surface area contributed by atoms with Gasteiger partial charge in [0, 0.05) is 24.6 Å². The van der Waals surface area contributed by atoms with Gasteiger partial charge in [-0.05, 0) is 37.1 Å². The number of benzene rings is 1. The molecule has 2 amide bonds. The minimum Gasteiger partial charge on any atom is -0.352 e. The van der Waals surface area contributed by atoms with Gasteiger partial charge in [0.1, 0.15) is 0 Å². The molecule has 1 atom stereocenters. The summed E-state index contributed by atoms with van der Waals surface area (Å²) in [5.74, 6) is 0.000692. The summed E-state index contributed by atoms with van der Waals surface area (Å²) < 4.78 is 0. The third-order valence-corrected chi connectivity index (χ3v) is 3.35. The molecule has 0 spiro atoms. The molecule has 5 nitrogen and oxygen atoms in total. The van der Waals surface area contributed by atoms with Crippen LogP contribution >= 0.6 is 0 Å². The summed E-state index contributed by atoms with van der Waals surface area (Å²) in [7, 11) is 0. The van der Waals surface area contributed by atoms with Gasteiger partial charge in [0.2, 0.25) is 11.8 Å². The van der Waals surface area contributed by atoms with Crippen LogP contribution in [-0.2, 0) is 16.1 Å². The maximum atomic E-state index is 11.8. The van der Waals surface area contributed by atoms with Crippen LogP contribution in [0.3, 0.4) is 0 Å². The smallest absolute Gasteiger partial charge is 0.227 e. The fourth-order valence-corrected chi connectivity index (χ4v) is 1.76. The van der Waals surface area contributed by atoms with Crippen molar-refractivity contribution in [2.75, 3.05) is 11.9 Å². The molecule has 0 aliphatic rings. The summed E-state index contributed by atoms with van der Waals surface area (Å²) in [5, 5.41) is 5.73. The van der Waals surface area contributed by atoms with Gasteiger partial charge in [0.25, 0.3) is 0 Å². The maximum absolute atomic E-state index is 11.8. The predicted octanol–water partition coefficient (Wildman–Crippen LogP) is 2.03. The van der Waals surface area contributed by atoms with Crippen molar-refractivity contribution >= 4 is 17.5 Å². The summed E-state index contributed by atoms with van der Waals surface area (Å²) >= 11 is 0. The standard InChI is InChI=1S/C16H25N3O2/c1-3-12(2)16(21)19-14-7-4-6-13(10-14)11-18-15(20)8-5-9-17/h4,6-7,10,12H,3,5,8-9,11,17H2,1-2H3,(H,18,20)(H,19,21). The average Bonchev–Trinajstić information content (AvgIpc) is 2.50. The molecule has 1 aromatic rings. The molecule has 0 bridgehead atoms. The van der Waals surface area contributed by atoms with E-state index in [-0.39, 0.29) is 17.7 Å². The fourth-order valence-electron chi connectivity index (χ4n) is 1.76. The zero-order valence-corrected chi connectivity index (χ0v) is 12.8. The van der Waals surface area contributed by atoms with E-state index in [4.69, 9.17) is 5.73 Å². The third kappa shape index (κ3) is 6.40. The minimum atomic E-state index is -0.00961. The molecule has 21 heavy (non-hydrogen) atoms. The van der Waals surface area contributed by atoms with Crippen molar-refractivity contribution in [3.63, 3.8) is 0 Å². The molecule has 116 valence electrons. The molecule has 0 saturated heterocycles. The number of anilines is 1. The Labute approximate surface area is 126 Å². The summed E-state index contributed by atoms with van der Waals surface area (Å²) in [6.45, 7) is 4.86. The lowest BCUT2D eigenvalue weighted by atomic mass is 10.1. The Bertz CT molecular complexity index is 474. The van der Waals surface area contributed by atoms with Gasteiger partial charge in [-0.1, -0.05) is 26.0 Å². The molecule has 1 aromatic carbocycles. The highest BCUT2D eigenvalue weighted by Crippen LogP contribution is 2.13. The van der Waals surface area contributed by atoms with Crippen LogP contribution in [0, 0.1) is 5.92 Å². The first-order valence-electron chi connectivity index (χ1n) is 7.43. The van der Waals surface area contributed by atoms with Crippen molar-refractivity contribution < 1.29 is 9.59 Å². The Morgan fingerprint density at radius 1 is 1.33 bits per heavy atom. The Kier molecular flexibility index (Phi) is 7.46. The molecule has 0 aliphatic carbocycles. The topological polar surface area (TPSA) is 84.2 Å². The van der Waals surface area contributed by atoms with E-state index in [2.05, 4.69) is 10.6 Å². The van der Waals surface area contributed by atoms with Gasteiger partial charge < -0.3 is 16.4 Å². The van der Waals surface area contributed by atoms with Crippen LogP contribution in [0.5, 0.6) is 0 Å². The normalized spacial score (nSPS) is 11.8. The Morgan fingerprint density at radius 3 is 2.76 bits per heavy atom. The molecule has 0 fully saturated rings. The lowest BCUT2D eigenvalue weighted by Crippen LogP contribution is -2.23. The number of nitrogens with one attached hydrogen (secondary N) is 2. The number of amides is 2. The minimum absolute atomic E-state index is 0.00510. The average molecular weight is 291 g/mol. The van der Waals surface area contributed by atoms with Gasteiger partial charge in [-0.3, -0.25) is 9.59 Å². The van der Waals surface area contributed by atoms with Crippen LogP contribution in [0.1, 0.15) is 38.7 Å². The SMILES string of the molecule is CCC(C)C(=O)Nc1cccc(CNC(=O)CCCN)c1. The predicted molar refractivity (Wildman–Crippen MR) is 84.7 cm³/mol. The van der Waals surface area contributed by atoms with Gasteiger partial charge in [0.05, 0.1) is 0 Å². The van der Waals surface area contributed by atoms with E-state index in [1.165, 1.54) is 0 Å². The zero-order valence-electron chi connectivity index (χ0n) is 12.8. The monoisotopic (exact) mass is 291 g/mol. The molecule has 0 aliphatic heterocycles. The van der Waals surface area contributed by atoms with E-state index in [1.807, 2.05) is 38.1 Å². The van der Waals surface area contributed by atoms with E-state index in [9.17, 15) is 9.59 Å². The molecule has 0 aromatic heterocycles. The van der Waals surface area contributed by atoms with E-state index in [0.717, 1.165) is 17.7 Å². The molecule has 1 rings (SSSR count). The summed E-state index contributed by atoms with van der Waals surface area (Å²) in [6.07, 6.45) is 1.94. The van der Waals surface area contributed by atoms with Gasteiger partial charge in [-0.2, -0.15) is 0 Å². The highest BCUT2D eigenvalue weighted by Gasteiger charge is 2.10. The highest BCUT2D eigenvalue weighted by atomic mass is 16.2. The fraction of sp³-hybridized carbons (Fsp3) is 0.500. The zero-order chi connectivity index (χ0) is 15.7. The van der Waals surface area contributed by atoms with Crippen molar-refractivity contribution in [1.82, 2.24) is 5.32 Å². The summed E-state index contributed by atoms with van der Waals surface area (Å²) in [4.78, 5) is 23.4. The van der Waals surface area contributed by atoms with E-state index >= 15 is 0 Å². The number of carbonyl (C=O) groups excluding carboxylic acids is 2. The Hall–Kier alpha value is -1.88. The number of nitrogens with two attached hydrogens (primary N) is 1. The molecule has 0 heterocycles. The molecular formula is C16H25N3O2. The van der Waals surface area contributed by atoms with Crippen LogP contribution in [-0.4, -0.2) is 18.4 Å². The summed E-state index contributed by atoms with van der Waals surface area (Å²) in [6, 6.07) is 7.51. The first-order chi connectivity index (χ1) is 10.1. The van der Waals surface area contributed by atoms with E-state index in [1.54, 1.807) is 0 Å². The van der Waals surface area contributed by atoms with Gasteiger partial charge >= 0.3 is 0 Å². The Balaban J connectivity index is 2.52. The van der Waals surface area contributed by atoms with Crippen LogP contribution in [0.2, 0.25) is 0 Å². The number of carbonyl (C=O) groups is 2. The lowest BCUT2D eigenvalue weighted by Gasteiger charge is -2.11. The summed E-state index contributed by atoms with van der Waals surface area (Å²) in [5.41, 5.74) is 7.08. The molecule has 4 N–H and O–H groups in total. The van der Waals surface area contributed by atoms with Gasteiger partial charge in [-0.15, -0.1) is 0 Å². The lowest BCUT2D eigenvalue weighted by molar-refractivity contribution is -0.121. The van der Waals surface area contributed by atoms with Crippen LogP contribution in [0.25, 0.3) is 0 Å². The first kappa shape index (κ1) is 17.2. The Morgan fingerprint density at radius 2 is 2.10 bits per heavy atom. The van der Waals surface area contributed by atoms with E-state index < -0.39 is 0 Å². The second kappa shape index (κ2) is 9.13. The van der Waals surface area contributed by atoms with Crippen molar-refractivity contribution in [2.45, 2.75) is 39.7 Å². The quantitative estimate of drug-likeness (QED) is 0.685. The van der Waals surface area contributed by atoms with Gasteiger partial charge in [0.15, 0.2) is 0 Å². The maximum Gasteiger partial charge on any atom is 0.227 e. The number of rotatable bonds is 8. The van der Waals surface area contributed by atoms with Crippen molar-refractivity contribution in [2.24, 2.45) is 11.7 Å². The molecular weight excluding hydrogens is 266 g/mol. The van der Waals surface area contributed by atoms with Crippen LogP contribution < -0.4 is 16.4 Å². The molecule has 0 saturated carbocycles. The molecule has 5 heteroatoms. The first-order valence-corrected chi connectivity index (χ1v) is 7.43. The van der Waals surface area contributed by atoms with Gasteiger partial charge in [-0.25, -0.2) is 0 Å².